The molecule has 0 spiro atoms. The van der Waals surface area contributed by atoms with Crippen molar-refractivity contribution < 1.29 is 14.3 Å². The molecule has 0 unspecified atom stereocenters. The van der Waals surface area contributed by atoms with Crippen molar-refractivity contribution in [1.82, 2.24) is 5.32 Å². The van der Waals surface area contributed by atoms with Gasteiger partial charge in [-0.05, 0) is 56.4 Å². The Morgan fingerprint density at radius 1 is 1.06 bits per heavy atom. The number of hydrogen-bond donors (Lipinski definition) is 1. The van der Waals surface area contributed by atoms with E-state index in [1.54, 1.807) is 0 Å². The lowest BCUT2D eigenvalue weighted by Gasteiger charge is -2.37. The van der Waals surface area contributed by atoms with Crippen molar-refractivity contribution in [1.29, 1.82) is 0 Å². The second-order valence-corrected chi connectivity index (χ2v) is 9.35. The average Bonchev–Trinajstić information content (AvgIpc) is 2.72. The molecular weight excluding hydrogens is 454 g/mol. The molecule has 160 valence electrons. The van der Waals surface area contributed by atoms with Gasteiger partial charge in [0, 0.05) is 33.8 Å². The zero-order chi connectivity index (χ0) is 22.1. The molecule has 31 heavy (non-hydrogen) atoms. The first-order valence-corrected chi connectivity index (χ1v) is 11.4. The fraction of sp³-hybridized carbons (Fsp3) is 0.308. The topological polar surface area (TPSA) is 55.4 Å². The summed E-state index contributed by atoms with van der Waals surface area (Å²) in [5.74, 6) is -0.617. The van der Waals surface area contributed by atoms with Crippen molar-refractivity contribution in [3.63, 3.8) is 0 Å². The molecule has 4 nitrogen and oxygen atoms in total. The van der Waals surface area contributed by atoms with Crippen molar-refractivity contribution >= 4 is 27.7 Å². The Morgan fingerprint density at radius 3 is 2.45 bits per heavy atom. The van der Waals surface area contributed by atoms with E-state index in [0.717, 1.165) is 33.4 Å². The van der Waals surface area contributed by atoms with Crippen LogP contribution in [0.5, 0.6) is 0 Å². The number of rotatable bonds is 4. The Kier molecular flexibility index (Phi) is 6.15. The van der Waals surface area contributed by atoms with E-state index in [9.17, 15) is 9.59 Å². The molecule has 0 saturated heterocycles. The standard InChI is InChI=1S/C26H26BrNO3/c1-15(2)31-26(30)23-16(3)28-21-13-19(17-8-5-4-6-9-17)14-22(29)25(21)24(23)18-10-7-11-20(27)12-18/h4-12,15,19,24,28H,13-14H2,1-3H3/t19-,24-/m0/s1. The van der Waals surface area contributed by atoms with Gasteiger partial charge in [-0.15, -0.1) is 0 Å². The number of nitrogens with one attached hydrogen (secondary N) is 1. The summed E-state index contributed by atoms with van der Waals surface area (Å²) in [7, 11) is 0. The summed E-state index contributed by atoms with van der Waals surface area (Å²) in [5, 5.41) is 3.39. The third kappa shape index (κ3) is 4.38. The van der Waals surface area contributed by atoms with E-state index in [1.165, 1.54) is 0 Å². The SMILES string of the molecule is CC1=C(C(=O)OC(C)C)[C@H](c2cccc(Br)c2)C2=C(C[C@H](c3ccccc3)CC2=O)N1. The van der Waals surface area contributed by atoms with E-state index in [1.807, 2.05) is 63.2 Å². The molecular formula is C26H26BrNO3. The fourth-order valence-electron chi connectivity index (χ4n) is 4.57. The highest BCUT2D eigenvalue weighted by atomic mass is 79.9. The van der Waals surface area contributed by atoms with Gasteiger partial charge in [0.1, 0.15) is 0 Å². The first-order chi connectivity index (χ1) is 14.8. The number of dihydropyridines is 1. The van der Waals surface area contributed by atoms with Gasteiger partial charge in [0.25, 0.3) is 0 Å². The molecule has 5 heteroatoms. The molecule has 0 bridgehead atoms. The largest absolute Gasteiger partial charge is 0.460 e. The highest BCUT2D eigenvalue weighted by Gasteiger charge is 2.41. The van der Waals surface area contributed by atoms with E-state index < -0.39 is 5.92 Å². The number of halogens is 1. The second-order valence-electron chi connectivity index (χ2n) is 8.44. The lowest BCUT2D eigenvalue weighted by Crippen LogP contribution is -2.36. The first kappa shape index (κ1) is 21.6. The second kappa shape index (κ2) is 8.83. The molecule has 1 heterocycles. The Bertz CT molecular complexity index is 1080. The van der Waals surface area contributed by atoms with E-state index in [2.05, 4.69) is 33.4 Å². The van der Waals surface area contributed by atoms with Gasteiger partial charge in [-0.2, -0.15) is 0 Å². The highest BCUT2D eigenvalue weighted by Crippen LogP contribution is 2.46. The van der Waals surface area contributed by atoms with Gasteiger partial charge in [-0.25, -0.2) is 4.79 Å². The van der Waals surface area contributed by atoms with Crippen LogP contribution in [0, 0.1) is 0 Å². The monoisotopic (exact) mass is 479 g/mol. The maximum atomic E-state index is 13.5. The van der Waals surface area contributed by atoms with Crippen LogP contribution in [0.2, 0.25) is 0 Å². The summed E-state index contributed by atoms with van der Waals surface area (Å²) < 4.78 is 6.47. The van der Waals surface area contributed by atoms with Crippen molar-refractivity contribution in [3.05, 3.63) is 92.7 Å². The van der Waals surface area contributed by atoms with Crippen molar-refractivity contribution in [2.24, 2.45) is 0 Å². The molecule has 0 saturated carbocycles. The number of ether oxygens (including phenoxy) is 1. The molecule has 2 aromatic rings. The first-order valence-electron chi connectivity index (χ1n) is 10.6. The van der Waals surface area contributed by atoms with Gasteiger partial charge in [0.15, 0.2) is 5.78 Å². The average molecular weight is 480 g/mol. The van der Waals surface area contributed by atoms with Crippen LogP contribution < -0.4 is 5.32 Å². The van der Waals surface area contributed by atoms with Crippen molar-refractivity contribution in [3.8, 4) is 0 Å². The molecule has 0 aromatic heterocycles. The number of carbonyl (C=O) groups is 2. The molecule has 2 atom stereocenters. The summed E-state index contributed by atoms with van der Waals surface area (Å²) in [6.45, 7) is 5.56. The van der Waals surface area contributed by atoms with Gasteiger partial charge in [-0.3, -0.25) is 4.79 Å². The van der Waals surface area contributed by atoms with Gasteiger partial charge >= 0.3 is 5.97 Å². The summed E-state index contributed by atoms with van der Waals surface area (Å²) >= 11 is 3.54. The molecule has 2 aliphatic rings. The third-order valence-electron chi connectivity index (χ3n) is 5.84. The Morgan fingerprint density at radius 2 is 1.77 bits per heavy atom. The summed E-state index contributed by atoms with van der Waals surface area (Å²) in [4.78, 5) is 26.6. The highest BCUT2D eigenvalue weighted by molar-refractivity contribution is 9.10. The molecule has 2 aromatic carbocycles. The number of esters is 1. The quantitative estimate of drug-likeness (QED) is 0.566. The lowest BCUT2D eigenvalue weighted by molar-refractivity contribution is -0.143. The Labute approximate surface area is 191 Å². The van der Waals surface area contributed by atoms with Gasteiger partial charge in [0.2, 0.25) is 0 Å². The van der Waals surface area contributed by atoms with Crippen molar-refractivity contribution in [2.45, 2.75) is 51.6 Å². The minimum atomic E-state index is -0.441. The number of Topliss-reactive ketones (excluding diaryl/α,β-unsaturated/α-hetero) is 1. The number of ketones is 1. The van der Waals surface area contributed by atoms with Crippen LogP contribution in [0.3, 0.4) is 0 Å². The van der Waals surface area contributed by atoms with Crippen molar-refractivity contribution in [2.75, 3.05) is 0 Å². The maximum absolute atomic E-state index is 13.5. The molecule has 0 amide bonds. The van der Waals surface area contributed by atoms with E-state index >= 15 is 0 Å². The third-order valence-corrected chi connectivity index (χ3v) is 6.34. The lowest BCUT2D eigenvalue weighted by atomic mass is 9.72. The van der Waals surface area contributed by atoms with Gasteiger partial charge in [0.05, 0.1) is 11.7 Å². The molecule has 0 radical (unpaired) electrons. The molecule has 0 fully saturated rings. The predicted molar refractivity (Wildman–Crippen MR) is 124 cm³/mol. The van der Waals surface area contributed by atoms with Crippen LogP contribution >= 0.6 is 15.9 Å². The van der Waals surface area contributed by atoms with E-state index in [4.69, 9.17) is 4.74 Å². The van der Waals surface area contributed by atoms with Gasteiger partial charge in [-0.1, -0.05) is 58.4 Å². The number of hydrogen-bond acceptors (Lipinski definition) is 4. The van der Waals surface area contributed by atoms with Crippen LogP contribution in [-0.2, 0) is 14.3 Å². The van der Waals surface area contributed by atoms with E-state index in [-0.39, 0.29) is 23.8 Å². The smallest absolute Gasteiger partial charge is 0.337 e. The van der Waals surface area contributed by atoms with Crippen LogP contribution in [-0.4, -0.2) is 17.9 Å². The number of benzene rings is 2. The maximum Gasteiger partial charge on any atom is 0.337 e. The Balaban J connectivity index is 1.81. The van der Waals surface area contributed by atoms with E-state index in [0.29, 0.717) is 17.6 Å². The fourth-order valence-corrected chi connectivity index (χ4v) is 4.98. The van der Waals surface area contributed by atoms with Crippen LogP contribution in [0.1, 0.15) is 56.6 Å². The Hall–Kier alpha value is -2.66. The number of allylic oxidation sites excluding steroid dienone is 3. The zero-order valence-electron chi connectivity index (χ0n) is 17.9. The van der Waals surface area contributed by atoms with Crippen LogP contribution in [0.25, 0.3) is 0 Å². The molecule has 1 aliphatic heterocycles. The predicted octanol–water partition coefficient (Wildman–Crippen LogP) is 5.76. The summed E-state index contributed by atoms with van der Waals surface area (Å²) in [5.41, 5.74) is 4.92. The molecule has 4 rings (SSSR count). The summed E-state index contributed by atoms with van der Waals surface area (Å²) in [6.07, 6.45) is 0.927. The molecule has 1 N–H and O–H groups in total. The summed E-state index contributed by atoms with van der Waals surface area (Å²) in [6, 6.07) is 18.0. The van der Waals surface area contributed by atoms with Crippen LogP contribution in [0.15, 0.2) is 81.6 Å². The van der Waals surface area contributed by atoms with Crippen LogP contribution in [0.4, 0.5) is 0 Å². The minimum Gasteiger partial charge on any atom is -0.460 e. The minimum absolute atomic E-state index is 0.0786. The molecule has 1 aliphatic carbocycles. The van der Waals surface area contributed by atoms with Gasteiger partial charge < -0.3 is 10.1 Å². The number of carbonyl (C=O) groups excluding carboxylic acids is 2. The normalized spacial score (nSPS) is 21.1. The zero-order valence-corrected chi connectivity index (χ0v) is 19.5.